The fraction of sp³-hybridized carbons (Fsp3) is 0.545. The number of aryl methyl sites for hydroxylation is 1. The Bertz CT molecular complexity index is 329. The first-order valence-corrected chi connectivity index (χ1v) is 4.94. The number of aromatic nitrogens is 2. The zero-order chi connectivity index (χ0) is 10.6. The minimum atomic E-state index is 0.593. The summed E-state index contributed by atoms with van der Waals surface area (Å²) in [7, 11) is 0. The van der Waals surface area contributed by atoms with Crippen LogP contribution in [-0.2, 0) is 6.42 Å². The molecular weight excluding hydrogens is 174 g/mol. The Balaban J connectivity index is 3.07. The van der Waals surface area contributed by atoms with Crippen LogP contribution in [-0.4, -0.2) is 16.2 Å². The highest BCUT2D eigenvalue weighted by Gasteiger charge is 2.08. The molecule has 1 aromatic rings. The van der Waals surface area contributed by atoms with Crippen molar-refractivity contribution in [3.63, 3.8) is 0 Å². The molecule has 3 nitrogen and oxygen atoms in total. The van der Waals surface area contributed by atoms with Crippen LogP contribution in [0.3, 0.4) is 0 Å². The number of hydrogen-bond donors (Lipinski definition) is 0. The molecule has 1 aromatic heterocycles. The van der Waals surface area contributed by atoms with Crippen LogP contribution in [0.1, 0.15) is 32.2 Å². The molecule has 0 spiro atoms. The van der Waals surface area contributed by atoms with Crippen molar-refractivity contribution >= 4 is 11.9 Å². The Morgan fingerprint density at radius 1 is 1.43 bits per heavy atom. The molecular formula is C11H17N3. The minimum absolute atomic E-state index is 0.593. The van der Waals surface area contributed by atoms with Crippen molar-refractivity contribution in [1.29, 1.82) is 0 Å². The smallest absolute Gasteiger partial charge is 0.116 e. The molecule has 0 radical (unpaired) electrons. The van der Waals surface area contributed by atoms with Gasteiger partial charge >= 0.3 is 0 Å². The Hall–Kier alpha value is -1.25. The summed E-state index contributed by atoms with van der Waals surface area (Å²) in [4.78, 5) is 12.7. The largest absolute Gasteiger partial charge is 0.258 e. The third-order valence-electron chi connectivity index (χ3n) is 1.94. The Labute approximate surface area is 85.3 Å². The lowest BCUT2D eigenvalue weighted by atomic mass is 10.1. The summed E-state index contributed by atoms with van der Waals surface area (Å²) in [5, 5.41) is 0. The molecule has 0 fully saturated rings. The third kappa shape index (κ3) is 2.62. The molecule has 1 heterocycles. The molecule has 3 heteroatoms. The first kappa shape index (κ1) is 10.8. The van der Waals surface area contributed by atoms with E-state index in [0.29, 0.717) is 5.92 Å². The lowest BCUT2D eigenvalue weighted by Crippen LogP contribution is -2.00. The van der Waals surface area contributed by atoms with Gasteiger partial charge < -0.3 is 0 Å². The second-order valence-electron chi connectivity index (χ2n) is 3.74. The summed E-state index contributed by atoms with van der Waals surface area (Å²) in [5.74, 6) is 0.593. The van der Waals surface area contributed by atoms with Gasteiger partial charge in [0.15, 0.2) is 0 Å². The quantitative estimate of drug-likeness (QED) is 0.689. The van der Waals surface area contributed by atoms with Gasteiger partial charge in [-0.1, -0.05) is 13.8 Å². The van der Waals surface area contributed by atoms with Crippen molar-refractivity contribution in [3.8, 4) is 0 Å². The van der Waals surface area contributed by atoms with E-state index in [2.05, 4.69) is 28.8 Å². The molecule has 0 aromatic carbocycles. The van der Waals surface area contributed by atoms with E-state index < -0.39 is 0 Å². The second-order valence-corrected chi connectivity index (χ2v) is 3.74. The van der Waals surface area contributed by atoms with E-state index in [0.717, 1.165) is 23.5 Å². The predicted molar refractivity (Wildman–Crippen MR) is 59.1 cm³/mol. The van der Waals surface area contributed by atoms with E-state index in [9.17, 15) is 0 Å². The van der Waals surface area contributed by atoms with Gasteiger partial charge in [0.1, 0.15) is 12.0 Å². The molecule has 0 unspecified atom stereocenters. The summed E-state index contributed by atoms with van der Waals surface area (Å²) in [6, 6.07) is 0. The monoisotopic (exact) mass is 191 g/mol. The number of hydrogen-bond acceptors (Lipinski definition) is 3. The van der Waals surface area contributed by atoms with Crippen LogP contribution in [0.15, 0.2) is 11.3 Å². The van der Waals surface area contributed by atoms with Gasteiger partial charge in [0.05, 0.1) is 11.4 Å². The van der Waals surface area contributed by atoms with Crippen molar-refractivity contribution in [2.45, 2.75) is 34.1 Å². The normalized spacial score (nSPS) is 11.5. The average Bonchev–Trinajstić information content (AvgIpc) is 2.10. The van der Waals surface area contributed by atoms with Crippen LogP contribution in [0.4, 0.5) is 5.69 Å². The lowest BCUT2D eigenvalue weighted by Gasteiger charge is -2.08. The Kier molecular flexibility index (Phi) is 3.74. The zero-order valence-corrected chi connectivity index (χ0v) is 9.28. The molecule has 0 N–H and O–H groups in total. The van der Waals surface area contributed by atoms with Gasteiger partial charge in [-0.05, 0) is 26.2 Å². The summed E-state index contributed by atoms with van der Waals surface area (Å²) >= 11 is 0. The van der Waals surface area contributed by atoms with Gasteiger partial charge in [0, 0.05) is 6.21 Å². The molecule has 0 aliphatic carbocycles. The van der Waals surface area contributed by atoms with Crippen molar-refractivity contribution < 1.29 is 0 Å². The van der Waals surface area contributed by atoms with Gasteiger partial charge in [0.2, 0.25) is 0 Å². The van der Waals surface area contributed by atoms with Gasteiger partial charge in [-0.2, -0.15) is 0 Å². The topological polar surface area (TPSA) is 38.1 Å². The van der Waals surface area contributed by atoms with Gasteiger partial charge in [-0.25, -0.2) is 9.97 Å². The van der Waals surface area contributed by atoms with E-state index >= 15 is 0 Å². The van der Waals surface area contributed by atoms with Gasteiger partial charge in [0.25, 0.3) is 0 Å². The van der Waals surface area contributed by atoms with Crippen LogP contribution in [0.5, 0.6) is 0 Å². The maximum Gasteiger partial charge on any atom is 0.116 e. The van der Waals surface area contributed by atoms with Crippen LogP contribution in [0.25, 0.3) is 0 Å². The average molecular weight is 191 g/mol. The maximum absolute atomic E-state index is 4.31. The van der Waals surface area contributed by atoms with Crippen LogP contribution < -0.4 is 0 Å². The van der Waals surface area contributed by atoms with E-state index in [4.69, 9.17) is 0 Å². The Morgan fingerprint density at radius 3 is 2.71 bits per heavy atom. The highest BCUT2D eigenvalue weighted by molar-refractivity contribution is 5.62. The molecule has 0 saturated heterocycles. The van der Waals surface area contributed by atoms with Crippen molar-refractivity contribution in [2.24, 2.45) is 10.9 Å². The molecule has 0 aliphatic heterocycles. The molecule has 1 rings (SSSR count). The standard InChI is InChI=1S/C11H17N3/c1-5-12-11-9(4)13-7-14-10(11)6-8(2)3/h5,7-8H,6H2,1-4H3/b12-5-. The van der Waals surface area contributed by atoms with Crippen LogP contribution in [0.2, 0.25) is 0 Å². The van der Waals surface area contributed by atoms with E-state index in [1.165, 1.54) is 0 Å². The first-order valence-electron chi connectivity index (χ1n) is 4.94. The maximum atomic E-state index is 4.31. The number of aliphatic imine (C=N–C) groups is 1. The molecule has 0 atom stereocenters. The highest BCUT2D eigenvalue weighted by atomic mass is 14.9. The highest BCUT2D eigenvalue weighted by Crippen LogP contribution is 2.21. The summed E-state index contributed by atoms with van der Waals surface area (Å²) in [6.45, 7) is 8.23. The molecule has 0 amide bonds. The Morgan fingerprint density at radius 2 is 2.14 bits per heavy atom. The SMILES string of the molecule is C/C=N\c1c(C)ncnc1CC(C)C. The second kappa shape index (κ2) is 4.84. The summed E-state index contributed by atoms with van der Waals surface area (Å²) in [5.41, 5.74) is 2.93. The van der Waals surface area contributed by atoms with Crippen LogP contribution >= 0.6 is 0 Å². The van der Waals surface area contributed by atoms with E-state index in [1.807, 2.05) is 13.8 Å². The summed E-state index contributed by atoms with van der Waals surface area (Å²) < 4.78 is 0. The summed E-state index contributed by atoms with van der Waals surface area (Å²) in [6.07, 6.45) is 4.35. The molecule has 14 heavy (non-hydrogen) atoms. The van der Waals surface area contributed by atoms with Crippen molar-refractivity contribution in [2.75, 3.05) is 0 Å². The third-order valence-corrected chi connectivity index (χ3v) is 1.94. The lowest BCUT2D eigenvalue weighted by molar-refractivity contribution is 0.634. The molecule has 76 valence electrons. The molecule has 0 saturated carbocycles. The first-order chi connectivity index (χ1) is 6.65. The van der Waals surface area contributed by atoms with E-state index in [1.54, 1.807) is 12.5 Å². The molecule has 0 bridgehead atoms. The van der Waals surface area contributed by atoms with Gasteiger partial charge in [-0.3, -0.25) is 4.99 Å². The number of rotatable bonds is 3. The van der Waals surface area contributed by atoms with Crippen LogP contribution in [0, 0.1) is 12.8 Å². The van der Waals surface area contributed by atoms with Gasteiger partial charge in [-0.15, -0.1) is 0 Å². The predicted octanol–water partition coefficient (Wildman–Crippen LogP) is 2.71. The molecule has 0 aliphatic rings. The van der Waals surface area contributed by atoms with Crippen molar-refractivity contribution in [1.82, 2.24) is 9.97 Å². The fourth-order valence-electron chi connectivity index (χ4n) is 1.35. The number of nitrogens with zero attached hydrogens (tertiary/aromatic N) is 3. The fourth-order valence-corrected chi connectivity index (χ4v) is 1.35. The zero-order valence-electron chi connectivity index (χ0n) is 9.28. The minimum Gasteiger partial charge on any atom is -0.258 e. The van der Waals surface area contributed by atoms with Crippen molar-refractivity contribution in [3.05, 3.63) is 17.7 Å². The van der Waals surface area contributed by atoms with E-state index in [-0.39, 0.29) is 0 Å².